The molecule has 0 radical (unpaired) electrons. The van der Waals surface area contributed by atoms with Crippen LogP contribution < -0.4 is 5.32 Å². The van der Waals surface area contributed by atoms with Crippen LogP contribution in [0.15, 0.2) is 0 Å². The van der Waals surface area contributed by atoms with Crippen LogP contribution in [-0.2, 0) is 9.47 Å². The number of rotatable bonds is 6. The quantitative estimate of drug-likeness (QED) is 0.737. The van der Waals surface area contributed by atoms with Crippen molar-refractivity contribution in [3.8, 4) is 0 Å². The van der Waals surface area contributed by atoms with Gasteiger partial charge in [-0.15, -0.1) is 0 Å². The molecule has 0 aliphatic heterocycles. The van der Waals surface area contributed by atoms with Gasteiger partial charge in [-0.1, -0.05) is 0 Å². The Morgan fingerprint density at radius 1 is 1.29 bits per heavy atom. The van der Waals surface area contributed by atoms with Crippen molar-refractivity contribution in [1.82, 2.24) is 5.32 Å². The largest absolute Gasteiger partial charge is 0.411 e. The number of hydrogen-bond acceptors (Lipinski definition) is 3. The molecule has 1 aliphatic rings. The molecule has 0 aromatic carbocycles. The molecule has 1 fully saturated rings. The Labute approximate surface area is 99.7 Å². The van der Waals surface area contributed by atoms with Gasteiger partial charge in [-0.3, -0.25) is 0 Å². The average Bonchev–Trinajstić information content (AvgIpc) is 2.27. The van der Waals surface area contributed by atoms with Crippen molar-refractivity contribution in [3.63, 3.8) is 0 Å². The lowest BCUT2D eigenvalue weighted by Crippen LogP contribution is -2.38. The molecule has 1 aliphatic carbocycles. The van der Waals surface area contributed by atoms with Crippen molar-refractivity contribution >= 4 is 0 Å². The fourth-order valence-corrected chi connectivity index (χ4v) is 2.07. The summed E-state index contributed by atoms with van der Waals surface area (Å²) in [6, 6.07) is 0.336. The van der Waals surface area contributed by atoms with Crippen LogP contribution in [0.25, 0.3) is 0 Å². The summed E-state index contributed by atoms with van der Waals surface area (Å²) in [5.74, 6) is 0. The second-order valence-corrected chi connectivity index (χ2v) is 4.34. The van der Waals surface area contributed by atoms with E-state index in [4.69, 9.17) is 4.74 Å². The minimum absolute atomic E-state index is 0.0909. The predicted octanol–water partition coefficient (Wildman–Crippen LogP) is 2.11. The Kier molecular flexibility index (Phi) is 6.22. The Morgan fingerprint density at radius 2 is 2.06 bits per heavy atom. The highest BCUT2D eigenvalue weighted by Crippen LogP contribution is 2.20. The van der Waals surface area contributed by atoms with Gasteiger partial charge in [0.15, 0.2) is 0 Å². The van der Waals surface area contributed by atoms with Gasteiger partial charge in [0.25, 0.3) is 0 Å². The molecule has 0 spiro atoms. The Bertz CT molecular complexity index is 211. The summed E-state index contributed by atoms with van der Waals surface area (Å²) in [6.07, 6.45) is 0.192. The van der Waals surface area contributed by atoms with Crippen LogP contribution in [0, 0.1) is 0 Å². The average molecular weight is 255 g/mol. The highest BCUT2D eigenvalue weighted by Gasteiger charge is 2.27. The SMILES string of the molecule is COC1CCCC(NCCOCC(F)(F)F)C1. The van der Waals surface area contributed by atoms with E-state index in [1.165, 1.54) is 0 Å². The van der Waals surface area contributed by atoms with Crippen molar-refractivity contribution in [3.05, 3.63) is 0 Å². The van der Waals surface area contributed by atoms with Gasteiger partial charge in [0, 0.05) is 19.7 Å². The van der Waals surface area contributed by atoms with Crippen LogP contribution >= 0.6 is 0 Å². The number of nitrogens with one attached hydrogen (secondary N) is 1. The van der Waals surface area contributed by atoms with Crippen molar-refractivity contribution in [2.24, 2.45) is 0 Å². The van der Waals surface area contributed by atoms with Gasteiger partial charge in [0.2, 0.25) is 0 Å². The van der Waals surface area contributed by atoms with E-state index in [1.807, 2.05) is 0 Å². The van der Waals surface area contributed by atoms with Gasteiger partial charge in [-0.05, 0) is 25.7 Å². The summed E-state index contributed by atoms with van der Waals surface area (Å²) in [7, 11) is 1.69. The van der Waals surface area contributed by atoms with E-state index in [0.29, 0.717) is 12.6 Å². The van der Waals surface area contributed by atoms with E-state index in [1.54, 1.807) is 7.11 Å². The van der Waals surface area contributed by atoms with Crippen LogP contribution in [0.5, 0.6) is 0 Å². The summed E-state index contributed by atoms with van der Waals surface area (Å²) in [4.78, 5) is 0. The Morgan fingerprint density at radius 3 is 2.71 bits per heavy atom. The van der Waals surface area contributed by atoms with Gasteiger partial charge >= 0.3 is 6.18 Å². The lowest BCUT2D eigenvalue weighted by molar-refractivity contribution is -0.173. The molecule has 0 aromatic rings. The molecule has 2 atom stereocenters. The van der Waals surface area contributed by atoms with Crippen LogP contribution in [0.2, 0.25) is 0 Å². The molecule has 0 saturated heterocycles. The first-order chi connectivity index (χ1) is 8.01. The maximum Gasteiger partial charge on any atom is 0.411 e. The molecule has 0 heterocycles. The zero-order valence-electron chi connectivity index (χ0n) is 10.1. The number of halogens is 3. The predicted molar refractivity (Wildman–Crippen MR) is 57.9 cm³/mol. The van der Waals surface area contributed by atoms with E-state index < -0.39 is 12.8 Å². The summed E-state index contributed by atoms with van der Waals surface area (Å²) in [5.41, 5.74) is 0. The summed E-state index contributed by atoms with van der Waals surface area (Å²) in [6.45, 7) is -0.620. The minimum Gasteiger partial charge on any atom is -0.381 e. The van der Waals surface area contributed by atoms with Gasteiger partial charge in [0.05, 0.1) is 12.7 Å². The second kappa shape index (κ2) is 7.18. The lowest BCUT2D eigenvalue weighted by Gasteiger charge is -2.28. The van der Waals surface area contributed by atoms with Crippen LogP contribution in [0.1, 0.15) is 25.7 Å². The fourth-order valence-electron chi connectivity index (χ4n) is 2.07. The summed E-state index contributed by atoms with van der Waals surface area (Å²) >= 11 is 0. The summed E-state index contributed by atoms with van der Waals surface area (Å²) < 4.78 is 45.1. The highest BCUT2D eigenvalue weighted by molar-refractivity contribution is 4.78. The highest BCUT2D eigenvalue weighted by atomic mass is 19.4. The molecule has 0 aromatic heterocycles. The number of hydrogen-bond donors (Lipinski definition) is 1. The third-order valence-corrected chi connectivity index (χ3v) is 2.90. The van der Waals surface area contributed by atoms with Crippen LogP contribution in [-0.4, -0.2) is 45.2 Å². The molecular weight excluding hydrogens is 235 g/mol. The van der Waals surface area contributed by atoms with E-state index in [9.17, 15) is 13.2 Å². The number of ether oxygens (including phenoxy) is 2. The van der Waals surface area contributed by atoms with Crippen LogP contribution in [0.3, 0.4) is 0 Å². The van der Waals surface area contributed by atoms with Gasteiger partial charge in [-0.2, -0.15) is 13.2 Å². The number of alkyl halides is 3. The Hall–Kier alpha value is -0.330. The maximum atomic E-state index is 11.8. The van der Waals surface area contributed by atoms with Gasteiger partial charge in [-0.25, -0.2) is 0 Å². The standard InChI is InChI=1S/C11H20F3NO2/c1-16-10-4-2-3-9(7-10)15-5-6-17-8-11(12,13)14/h9-10,15H,2-8H2,1H3. The Balaban J connectivity index is 2.02. The molecule has 2 unspecified atom stereocenters. The molecule has 102 valence electrons. The monoisotopic (exact) mass is 255 g/mol. The lowest BCUT2D eigenvalue weighted by atomic mass is 9.93. The third-order valence-electron chi connectivity index (χ3n) is 2.90. The molecule has 0 amide bonds. The third kappa shape index (κ3) is 6.85. The van der Waals surface area contributed by atoms with Crippen molar-refractivity contribution in [2.75, 3.05) is 26.9 Å². The smallest absolute Gasteiger partial charge is 0.381 e. The van der Waals surface area contributed by atoms with Gasteiger partial charge < -0.3 is 14.8 Å². The van der Waals surface area contributed by atoms with Crippen molar-refractivity contribution < 1.29 is 22.6 Å². The molecule has 0 bridgehead atoms. The first-order valence-electron chi connectivity index (χ1n) is 5.92. The first kappa shape index (κ1) is 14.7. The van der Waals surface area contributed by atoms with E-state index in [2.05, 4.69) is 10.1 Å². The summed E-state index contributed by atoms with van der Waals surface area (Å²) in [5, 5.41) is 3.20. The maximum absolute atomic E-state index is 11.8. The van der Waals surface area contributed by atoms with E-state index >= 15 is 0 Å². The van der Waals surface area contributed by atoms with Crippen LogP contribution in [0.4, 0.5) is 13.2 Å². The molecule has 3 nitrogen and oxygen atoms in total. The molecule has 1 rings (SSSR count). The van der Waals surface area contributed by atoms with Crippen molar-refractivity contribution in [1.29, 1.82) is 0 Å². The minimum atomic E-state index is -4.23. The molecule has 1 saturated carbocycles. The van der Waals surface area contributed by atoms with E-state index in [0.717, 1.165) is 25.7 Å². The number of methoxy groups -OCH3 is 1. The molecule has 6 heteroatoms. The molecular formula is C11H20F3NO2. The first-order valence-corrected chi connectivity index (χ1v) is 5.92. The van der Waals surface area contributed by atoms with Gasteiger partial charge in [0.1, 0.15) is 6.61 Å². The zero-order valence-corrected chi connectivity index (χ0v) is 10.1. The molecule has 17 heavy (non-hydrogen) atoms. The van der Waals surface area contributed by atoms with Crippen molar-refractivity contribution in [2.45, 2.75) is 44.0 Å². The normalized spacial score (nSPS) is 26.1. The zero-order chi connectivity index (χ0) is 12.7. The van der Waals surface area contributed by atoms with E-state index in [-0.39, 0.29) is 12.7 Å². The second-order valence-electron chi connectivity index (χ2n) is 4.34. The fraction of sp³-hybridized carbons (Fsp3) is 1.00. The topological polar surface area (TPSA) is 30.5 Å². The molecule has 1 N–H and O–H groups in total.